The van der Waals surface area contributed by atoms with E-state index >= 15 is 0 Å². The van der Waals surface area contributed by atoms with Gasteiger partial charge in [0, 0.05) is 37.1 Å². The van der Waals surface area contributed by atoms with Crippen LogP contribution in [0.3, 0.4) is 0 Å². The van der Waals surface area contributed by atoms with Gasteiger partial charge >= 0.3 is 6.09 Å². The zero-order chi connectivity index (χ0) is 22.0. The van der Waals surface area contributed by atoms with Crippen LogP contribution < -0.4 is 10.2 Å². The van der Waals surface area contributed by atoms with Crippen LogP contribution in [0.25, 0.3) is 0 Å². The average molecular weight is 430 g/mol. The predicted octanol–water partition coefficient (Wildman–Crippen LogP) is 3.77. The van der Waals surface area contributed by atoms with E-state index in [1.165, 1.54) is 0 Å². The molecule has 2 heterocycles. The standard InChI is InChI=1S/C24H35N3O4/c1-17(2)31-23(30)25-18-4-6-19(7-5-18)26-14-3-12-24(16-26)13-15-27(22(24)29)20-8-10-21(28)11-9-20/h4-7,17,20-21,28H,3,8-16H2,1-2H3,(H,25,30). The van der Waals surface area contributed by atoms with Gasteiger partial charge in [0.2, 0.25) is 5.91 Å². The van der Waals surface area contributed by atoms with Crippen molar-refractivity contribution < 1.29 is 19.4 Å². The van der Waals surface area contributed by atoms with Gasteiger partial charge in [0.15, 0.2) is 0 Å². The van der Waals surface area contributed by atoms with E-state index in [-0.39, 0.29) is 17.6 Å². The number of nitrogens with zero attached hydrogens (tertiary/aromatic N) is 2. The molecule has 1 aliphatic carbocycles. The molecule has 31 heavy (non-hydrogen) atoms. The van der Waals surface area contributed by atoms with Crippen molar-refractivity contribution in [2.75, 3.05) is 29.9 Å². The average Bonchev–Trinajstić information content (AvgIpc) is 3.04. The molecule has 2 amide bonds. The number of carbonyl (C=O) groups excluding carboxylic acids is 2. The lowest BCUT2D eigenvalue weighted by molar-refractivity contribution is -0.139. The Bertz CT molecular complexity index is 789. The number of amides is 2. The molecule has 7 nitrogen and oxygen atoms in total. The first-order valence-corrected chi connectivity index (χ1v) is 11.7. The third-order valence-corrected chi connectivity index (χ3v) is 7.05. The first-order valence-electron chi connectivity index (χ1n) is 11.7. The van der Waals surface area contributed by atoms with E-state index in [2.05, 4.69) is 15.1 Å². The molecule has 3 fully saturated rings. The van der Waals surface area contributed by atoms with E-state index in [0.717, 1.165) is 70.3 Å². The summed E-state index contributed by atoms with van der Waals surface area (Å²) in [5.41, 5.74) is 1.49. The second-order valence-electron chi connectivity index (χ2n) is 9.64. The Balaban J connectivity index is 1.39. The Labute approximate surface area is 184 Å². The summed E-state index contributed by atoms with van der Waals surface area (Å²) in [5.74, 6) is 0.313. The minimum Gasteiger partial charge on any atom is -0.447 e. The fourth-order valence-electron chi connectivity index (χ4n) is 5.41. The predicted molar refractivity (Wildman–Crippen MR) is 120 cm³/mol. The van der Waals surface area contributed by atoms with E-state index < -0.39 is 6.09 Å². The summed E-state index contributed by atoms with van der Waals surface area (Å²) in [6.07, 6.45) is 5.51. The molecule has 1 aromatic rings. The van der Waals surface area contributed by atoms with Gasteiger partial charge in [0.05, 0.1) is 17.6 Å². The van der Waals surface area contributed by atoms with E-state index in [4.69, 9.17) is 4.74 Å². The molecule has 2 aliphatic heterocycles. The van der Waals surface area contributed by atoms with Gasteiger partial charge < -0.3 is 19.6 Å². The van der Waals surface area contributed by atoms with Gasteiger partial charge in [0.25, 0.3) is 0 Å². The van der Waals surface area contributed by atoms with Crippen molar-refractivity contribution in [3.63, 3.8) is 0 Å². The van der Waals surface area contributed by atoms with Crippen molar-refractivity contribution in [2.24, 2.45) is 5.41 Å². The van der Waals surface area contributed by atoms with Crippen LogP contribution in [0, 0.1) is 5.41 Å². The van der Waals surface area contributed by atoms with Crippen LogP contribution in [0.15, 0.2) is 24.3 Å². The summed E-state index contributed by atoms with van der Waals surface area (Å²) in [6, 6.07) is 8.07. The zero-order valence-corrected chi connectivity index (χ0v) is 18.7. The molecular formula is C24H35N3O4. The topological polar surface area (TPSA) is 82.1 Å². The highest BCUT2D eigenvalue weighted by molar-refractivity contribution is 5.87. The largest absolute Gasteiger partial charge is 0.447 e. The molecule has 1 atom stereocenters. The second-order valence-corrected chi connectivity index (χ2v) is 9.64. The number of nitrogens with one attached hydrogen (secondary N) is 1. The van der Waals surface area contributed by atoms with E-state index in [1.54, 1.807) is 0 Å². The Kier molecular flexibility index (Phi) is 6.42. The normalized spacial score (nSPS) is 29.0. The van der Waals surface area contributed by atoms with E-state index in [0.29, 0.717) is 17.6 Å². The number of ether oxygens (including phenoxy) is 1. The highest BCUT2D eigenvalue weighted by atomic mass is 16.6. The first-order chi connectivity index (χ1) is 14.9. The van der Waals surface area contributed by atoms with Crippen LogP contribution in [0.5, 0.6) is 0 Å². The third-order valence-electron chi connectivity index (χ3n) is 7.05. The van der Waals surface area contributed by atoms with Gasteiger partial charge in [-0.2, -0.15) is 0 Å². The first kappa shape index (κ1) is 21.9. The molecule has 0 bridgehead atoms. The summed E-state index contributed by atoms with van der Waals surface area (Å²) in [7, 11) is 0. The molecule has 4 rings (SSSR count). The number of aliphatic hydroxyl groups is 1. The number of likely N-dealkylation sites (tertiary alicyclic amines) is 1. The number of anilines is 2. The highest BCUT2D eigenvalue weighted by Gasteiger charge is 2.50. The summed E-state index contributed by atoms with van der Waals surface area (Å²) in [6.45, 7) is 6.16. The van der Waals surface area contributed by atoms with Gasteiger partial charge in [-0.25, -0.2) is 4.79 Å². The molecule has 2 N–H and O–H groups in total. The second kappa shape index (κ2) is 9.07. The number of aliphatic hydroxyl groups excluding tert-OH is 1. The summed E-state index contributed by atoms with van der Waals surface area (Å²) in [4.78, 5) is 29.7. The Hall–Kier alpha value is -2.28. The van der Waals surface area contributed by atoms with Crippen molar-refractivity contribution in [1.29, 1.82) is 0 Å². The Morgan fingerprint density at radius 3 is 2.52 bits per heavy atom. The van der Waals surface area contributed by atoms with E-state index in [1.807, 2.05) is 38.1 Å². The number of hydrogen-bond acceptors (Lipinski definition) is 5. The lowest BCUT2D eigenvalue weighted by Crippen LogP contribution is -2.50. The number of benzene rings is 1. The van der Waals surface area contributed by atoms with Crippen LogP contribution in [0.1, 0.15) is 58.8 Å². The van der Waals surface area contributed by atoms with Crippen molar-refractivity contribution in [3.05, 3.63) is 24.3 Å². The minimum atomic E-state index is -0.452. The molecule has 0 aromatic heterocycles. The fourth-order valence-corrected chi connectivity index (χ4v) is 5.41. The maximum absolute atomic E-state index is 13.5. The highest BCUT2D eigenvalue weighted by Crippen LogP contribution is 2.43. The molecule has 7 heteroatoms. The minimum absolute atomic E-state index is 0.161. The van der Waals surface area contributed by atoms with Crippen molar-refractivity contribution >= 4 is 23.4 Å². The number of rotatable bonds is 4. The number of carbonyl (C=O) groups is 2. The van der Waals surface area contributed by atoms with Crippen LogP contribution >= 0.6 is 0 Å². The number of hydrogen-bond donors (Lipinski definition) is 2. The van der Waals surface area contributed by atoms with Crippen molar-refractivity contribution in [3.8, 4) is 0 Å². The van der Waals surface area contributed by atoms with Crippen molar-refractivity contribution in [2.45, 2.75) is 77.0 Å². The van der Waals surface area contributed by atoms with Gasteiger partial charge in [-0.1, -0.05) is 0 Å². The summed E-state index contributed by atoms with van der Waals surface area (Å²) < 4.78 is 5.13. The molecule has 2 saturated heterocycles. The van der Waals surface area contributed by atoms with E-state index in [9.17, 15) is 14.7 Å². The Morgan fingerprint density at radius 2 is 1.84 bits per heavy atom. The van der Waals surface area contributed by atoms with Crippen LogP contribution in [0.4, 0.5) is 16.2 Å². The fraction of sp³-hybridized carbons (Fsp3) is 0.667. The molecule has 1 aromatic carbocycles. The lowest BCUT2D eigenvalue weighted by Gasteiger charge is -2.41. The quantitative estimate of drug-likeness (QED) is 0.761. The van der Waals surface area contributed by atoms with Gasteiger partial charge in [-0.3, -0.25) is 10.1 Å². The maximum atomic E-state index is 13.5. The van der Waals surface area contributed by atoms with Gasteiger partial charge in [-0.05, 0) is 83.1 Å². The van der Waals surface area contributed by atoms with Gasteiger partial charge in [-0.15, -0.1) is 0 Å². The third kappa shape index (κ3) is 4.81. The molecule has 1 spiro atoms. The Morgan fingerprint density at radius 1 is 1.13 bits per heavy atom. The van der Waals surface area contributed by atoms with Crippen LogP contribution in [-0.4, -0.2) is 59.9 Å². The molecule has 0 radical (unpaired) electrons. The lowest BCUT2D eigenvalue weighted by atomic mass is 9.78. The zero-order valence-electron chi connectivity index (χ0n) is 18.7. The van der Waals surface area contributed by atoms with Crippen molar-refractivity contribution in [1.82, 2.24) is 4.90 Å². The molecule has 1 saturated carbocycles. The smallest absolute Gasteiger partial charge is 0.411 e. The van der Waals surface area contributed by atoms with Gasteiger partial charge in [0.1, 0.15) is 0 Å². The van der Waals surface area contributed by atoms with Crippen LogP contribution in [0.2, 0.25) is 0 Å². The molecule has 1 unspecified atom stereocenters. The summed E-state index contributed by atoms with van der Waals surface area (Å²) >= 11 is 0. The SMILES string of the molecule is CC(C)OC(=O)Nc1ccc(N2CCCC3(CCN(C4CCC(O)CC4)C3=O)C2)cc1. The number of piperidine rings is 1. The maximum Gasteiger partial charge on any atom is 0.411 e. The molecular weight excluding hydrogens is 394 g/mol. The van der Waals surface area contributed by atoms with Crippen LogP contribution in [-0.2, 0) is 9.53 Å². The summed E-state index contributed by atoms with van der Waals surface area (Å²) in [5, 5.41) is 12.6. The molecule has 3 aliphatic rings. The molecule has 170 valence electrons. The monoisotopic (exact) mass is 429 g/mol.